The van der Waals surface area contributed by atoms with Gasteiger partial charge in [-0.3, -0.25) is 0 Å². The summed E-state index contributed by atoms with van der Waals surface area (Å²) in [6.45, 7) is 0. The fourth-order valence-electron chi connectivity index (χ4n) is 2.64. The van der Waals surface area contributed by atoms with Gasteiger partial charge in [-0.1, -0.05) is 18.0 Å². The predicted molar refractivity (Wildman–Crippen MR) is 43.0 cm³/mol. The monoisotopic (exact) mass is 151 g/mol. The Hall–Kier alpha value is -0.690. The minimum absolute atomic E-state index is 0.325. The lowest BCUT2D eigenvalue weighted by Gasteiger charge is -2.23. The van der Waals surface area contributed by atoms with Crippen molar-refractivity contribution in [3.05, 3.63) is 10.4 Å². The van der Waals surface area contributed by atoms with E-state index in [0.29, 0.717) is 6.04 Å². The molecule has 3 atom stereocenters. The molecule has 0 amide bonds. The highest BCUT2D eigenvalue weighted by Crippen LogP contribution is 2.42. The van der Waals surface area contributed by atoms with E-state index in [4.69, 9.17) is 5.53 Å². The molecule has 60 valence electrons. The van der Waals surface area contributed by atoms with Gasteiger partial charge in [0.1, 0.15) is 0 Å². The van der Waals surface area contributed by atoms with Crippen molar-refractivity contribution < 1.29 is 0 Å². The normalized spacial score (nSPS) is 41.6. The Labute approximate surface area is 66.4 Å². The van der Waals surface area contributed by atoms with Gasteiger partial charge in [0.15, 0.2) is 0 Å². The van der Waals surface area contributed by atoms with E-state index in [1.54, 1.807) is 0 Å². The third kappa shape index (κ3) is 1.33. The second-order valence-corrected chi connectivity index (χ2v) is 3.88. The first-order valence-electron chi connectivity index (χ1n) is 4.42. The number of fused-ring (bicyclic) bond motifs is 2. The molecule has 0 aromatic carbocycles. The summed E-state index contributed by atoms with van der Waals surface area (Å²) in [6, 6.07) is 0.325. The first-order chi connectivity index (χ1) is 5.38. The molecular formula is C8H13N3. The van der Waals surface area contributed by atoms with Crippen LogP contribution in [0.3, 0.4) is 0 Å². The smallest absolute Gasteiger partial charge is 0.0379 e. The van der Waals surface area contributed by atoms with Crippen molar-refractivity contribution in [2.24, 2.45) is 17.0 Å². The average molecular weight is 151 g/mol. The van der Waals surface area contributed by atoms with Gasteiger partial charge in [0, 0.05) is 11.0 Å². The molecule has 3 nitrogen and oxygen atoms in total. The molecule has 0 unspecified atom stereocenters. The molecule has 2 bridgehead atoms. The molecule has 2 saturated carbocycles. The Kier molecular flexibility index (Phi) is 1.74. The molecule has 11 heavy (non-hydrogen) atoms. The van der Waals surface area contributed by atoms with E-state index in [1.165, 1.54) is 19.3 Å². The molecule has 0 heterocycles. The maximum Gasteiger partial charge on any atom is 0.0379 e. The fraction of sp³-hybridized carbons (Fsp3) is 1.00. The third-order valence-electron chi connectivity index (χ3n) is 3.08. The topological polar surface area (TPSA) is 48.8 Å². The van der Waals surface area contributed by atoms with Crippen LogP contribution in [0.2, 0.25) is 0 Å². The van der Waals surface area contributed by atoms with E-state index in [2.05, 4.69) is 10.0 Å². The maximum absolute atomic E-state index is 8.27. The summed E-state index contributed by atoms with van der Waals surface area (Å²) in [4.78, 5) is 2.88. The SMILES string of the molecule is [N-]=[N+]=N[C@@H]1C[C@@H]2CC[C@@H](C2)C1. The molecule has 0 radical (unpaired) electrons. The Morgan fingerprint density at radius 3 is 2.27 bits per heavy atom. The van der Waals surface area contributed by atoms with Crippen LogP contribution < -0.4 is 0 Å². The lowest BCUT2D eigenvalue weighted by atomic mass is 9.86. The van der Waals surface area contributed by atoms with Crippen LogP contribution in [0.4, 0.5) is 0 Å². The molecule has 2 fully saturated rings. The van der Waals surface area contributed by atoms with Crippen molar-refractivity contribution in [3.8, 4) is 0 Å². The van der Waals surface area contributed by atoms with Crippen molar-refractivity contribution in [3.63, 3.8) is 0 Å². The molecule has 0 aromatic heterocycles. The van der Waals surface area contributed by atoms with Crippen LogP contribution in [-0.4, -0.2) is 6.04 Å². The molecule has 0 N–H and O–H groups in total. The summed E-state index contributed by atoms with van der Waals surface area (Å²) in [7, 11) is 0. The zero-order valence-corrected chi connectivity index (χ0v) is 6.61. The van der Waals surface area contributed by atoms with Crippen molar-refractivity contribution in [1.82, 2.24) is 0 Å². The van der Waals surface area contributed by atoms with E-state index >= 15 is 0 Å². The van der Waals surface area contributed by atoms with Gasteiger partial charge in [-0.25, -0.2) is 0 Å². The summed E-state index contributed by atoms with van der Waals surface area (Å²) < 4.78 is 0. The lowest BCUT2D eigenvalue weighted by molar-refractivity contribution is 0.320. The molecule has 0 spiro atoms. The van der Waals surface area contributed by atoms with Crippen molar-refractivity contribution >= 4 is 0 Å². The standard InChI is InChI=1S/C8H13N3/c9-11-10-8-4-6-1-2-7(3-6)5-8/h6-8H,1-5H2/t6-,7+,8-. The van der Waals surface area contributed by atoms with Crippen LogP contribution in [0.5, 0.6) is 0 Å². The first-order valence-corrected chi connectivity index (χ1v) is 4.42. The van der Waals surface area contributed by atoms with E-state index in [0.717, 1.165) is 24.7 Å². The quantitative estimate of drug-likeness (QED) is 0.314. The highest BCUT2D eigenvalue weighted by molar-refractivity contribution is 4.88. The Balaban J connectivity index is 2.02. The van der Waals surface area contributed by atoms with Gasteiger partial charge < -0.3 is 0 Å². The summed E-state index contributed by atoms with van der Waals surface area (Å²) in [5.41, 5.74) is 8.27. The maximum atomic E-state index is 8.27. The van der Waals surface area contributed by atoms with Gasteiger partial charge >= 0.3 is 0 Å². The second-order valence-electron chi connectivity index (χ2n) is 3.88. The second kappa shape index (κ2) is 2.74. The molecular weight excluding hydrogens is 138 g/mol. The molecule has 2 aliphatic carbocycles. The number of azide groups is 1. The predicted octanol–water partition coefficient (Wildman–Crippen LogP) is 2.88. The van der Waals surface area contributed by atoms with Crippen LogP contribution >= 0.6 is 0 Å². The molecule has 2 aliphatic rings. The van der Waals surface area contributed by atoms with Crippen LogP contribution in [0.25, 0.3) is 10.4 Å². The third-order valence-corrected chi connectivity index (χ3v) is 3.08. The van der Waals surface area contributed by atoms with Crippen molar-refractivity contribution in [1.29, 1.82) is 0 Å². The number of hydrogen-bond acceptors (Lipinski definition) is 1. The van der Waals surface area contributed by atoms with E-state index < -0.39 is 0 Å². The Morgan fingerprint density at radius 1 is 1.09 bits per heavy atom. The Morgan fingerprint density at radius 2 is 1.73 bits per heavy atom. The average Bonchev–Trinajstić information content (AvgIpc) is 2.32. The van der Waals surface area contributed by atoms with Gasteiger partial charge in [0.25, 0.3) is 0 Å². The van der Waals surface area contributed by atoms with Crippen molar-refractivity contribution in [2.45, 2.75) is 38.1 Å². The summed E-state index contributed by atoms with van der Waals surface area (Å²) in [5.74, 6) is 1.76. The van der Waals surface area contributed by atoms with Gasteiger partial charge in [-0.05, 0) is 36.6 Å². The minimum atomic E-state index is 0.325. The summed E-state index contributed by atoms with van der Waals surface area (Å²) >= 11 is 0. The highest BCUT2D eigenvalue weighted by atomic mass is 15.1. The molecule has 0 saturated heterocycles. The highest BCUT2D eigenvalue weighted by Gasteiger charge is 2.33. The lowest BCUT2D eigenvalue weighted by Crippen LogP contribution is -2.17. The van der Waals surface area contributed by atoms with Crippen LogP contribution in [-0.2, 0) is 0 Å². The van der Waals surface area contributed by atoms with Gasteiger partial charge in [-0.15, -0.1) is 0 Å². The first kappa shape index (κ1) is 6.99. The number of hydrogen-bond donors (Lipinski definition) is 0. The molecule has 2 rings (SSSR count). The largest absolute Gasteiger partial charge is 0.0906 e. The van der Waals surface area contributed by atoms with E-state index in [9.17, 15) is 0 Å². The number of nitrogens with zero attached hydrogens (tertiary/aromatic N) is 3. The molecule has 3 heteroatoms. The van der Waals surface area contributed by atoms with Gasteiger partial charge in [0.05, 0.1) is 0 Å². The Bertz CT molecular complexity index is 184. The van der Waals surface area contributed by atoms with Gasteiger partial charge in [0.2, 0.25) is 0 Å². The molecule has 0 aromatic rings. The number of rotatable bonds is 1. The van der Waals surface area contributed by atoms with Crippen LogP contribution in [0, 0.1) is 11.8 Å². The summed E-state index contributed by atoms with van der Waals surface area (Å²) in [5, 5.41) is 3.80. The fourth-order valence-corrected chi connectivity index (χ4v) is 2.64. The van der Waals surface area contributed by atoms with Crippen molar-refractivity contribution in [2.75, 3.05) is 0 Å². The zero-order valence-electron chi connectivity index (χ0n) is 6.61. The minimum Gasteiger partial charge on any atom is -0.0906 e. The van der Waals surface area contributed by atoms with Crippen LogP contribution in [0.15, 0.2) is 5.11 Å². The van der Waals surface area contributed by atoms with E-state index in [-0.39, 0.29) is 0 Å². The van der Waals surface area contributed by atoms with E-state index in [1.807, 2.05) is 0 Å². The zero-order chi connectivity index (χ0) is 7.68. The molecule has 0 aliphatic heterocycles. The van der Waals surface area contributed by atoms with Gasteiger partial charge in [-0.2, -0.15) is 0 Å². The van der Waals surface area contributed by atoms with Crippen LogP contribution in [0.1, 0.15) is 32.1 Å². The summed E-state index contributed by atoms with van der Waals surface area (Å²) in [6.07, 6.45) is 6.46.